The highest BCUT2D eigenvalue weighted by Crippen LogP contribution is 2.39. The summed E-state index contributed by atoms with van der Waals surface area (Å²) >= 11 is 6.58. The van der Waals surface area contributed by atoms with Crippen LogP contribution in [0.4, 0.5) is 11.4 Å². The van der Waals surface area contributed by atoms with E-state index >= 15 is 0 Å². The molecule has 3 aromatic rings. The molecular formula is C30H37ClN6O2. The number of aryl methyl sites for hydroxylation is 1. The van der Waals surface area contributed by atoms with E-state index in [1.807, 2.05) is 31.1 Å². The summed E-state index contributed by atoms with van der Waals surface area (Å²) in [4.78, 5) is 28.9. The van der Waals surface area contributed by atoms with E-state index in [1.165, 1.54) is 4.90 Å². The van der Waals surface area contributed by atoms with Crippen molar-refractivity contribution in [1.82, 2.24) is 19.8 Å². The molecule has 0 spiro atoms. The van der Waals surface area contributed by atoms with Gasteiger partial charge in [0.05, 0.1) is 10.7 Å². The van der Waals surface area contributed by atoms with Gasteiger partial charge < -0.3 is 14.9 Å². The molecule has 0 saturated carbocycles. The van der Waals surface area contributed by atoms with Crippen molar-refractivity contribution in [3.63, 3.8) is 0 Å². The van der Waals surface area contributed by atoms with Gasteiger partial charge in [-0.2, -0.15) is 0 Å². The van der Waals surface area contributed by atoms with Gasteiger partial charge in [0.15, 0.2) is 5.75 Å². The maximum Gasteiger partial charge on any atom is 0.218 e. The fourth-order valence-corrected chi connectivity index (χ4v) is 4.97. The predicted octanol–water partition coefficient (Wildman–Crippen LogP) is 5.39. The quantitative estimate of drug-likeness (QED) is 0.396. The Hall–Kier alpha value is -3.62. The number of anilines is 2. The predicted molar refractivity (Wildman–Crippen MR) is 159 cm³/mol. The number of benzene rings is 2. The molecular weight excluding hydrogens is 512 g/mol. The Bertz CT molecular complexity index is 1360. The van der Waals surface area contributed by atoms with Gasteiger partial charge in [0.25, 0.3) is 0 Å². The van der Waals surface area contributed by atoms with E-state index in [1.54, 1.807) is 37.5 Å². The van der Waals surface area contributed by atoms with Crippen molar-refractivity contribution in [3.05, 3.63) is 65.7 Å². The average molecular weight is 549 g/mol. The summed E-state index contributed by atoms with van der Waals surface area (Å²) in [5.41, 5.74) is 4.09. The topological polar surface area (TPSA) is 76.0 Å². The highest BCUT2D eigenvalue weighted by molar-refractivity contribution is 6.34. The Balaban J connectivity index is 1.64. The SMILES string of the molecule is Cc1nc(-c2cccc(N3CCN(C(C)(C)C)CC3)c2)c(O)c(-c2ccc(N(C=O)/C=C\N(C)C)c(Cl)c2)n1. The molecule has 0 radical (unpaired) electrons. The third-order valence-corrected chi connectivity index (χ3v) is 7.15. The number of aromatic nitrogens is 2. The number of carbonyl (C=O) groups is 1. The zero-order valence-corrected chi connectivity index (χ0v) is 24.3. The second-order valence-corrected chi connectivity index (χ2v) is 11.4. The van der Waals surface area contributed by atoms with Gasteiger partial charge in [-0.15, -0.1) is 0 Å². The van der Waals surface area contributed by atoms with Crippen LogP contribution in [-0.4, -0.2) is 77.1 Å². The van der Waals surface area contributed by atoms with Gasteiger partial charge in [0, 0.05) is 75.0 Å². The summed E-state index contributed by atoms with van der Waals surface area (Å²) in [5, 5.41) is 11.7. The number of halogens is 1. The summed E-state index contributed by atoms with van der Waals surface area (Å²) < 4.78 is 0. The smallest absolute Gasteiger partial charge is 0.218 e. The number of hydrogen-bond donors (Lipinski definition) is 1. The van der Waals surface area contributed by atoms with Crippen LogP contribution in [0.3, 0.4) is 0 Å². The molecule has 1 saturated heterocycles. The average Bonchev–Trinajstić information content (AvgIpc) is 2.90. The molecule has 9 heteroatoms. The van der Waals surface area contributed by atoms with Crippen LogP contribution in [0.1, 0.15) is 26.6 Å². The van der Waals surface area contributed by atoms with Crippen molar-refractivity contribution in [1.29, 1.82) is 0 Å². The molecule has 2 aromatic carbocycles. The van der Waals surface area contributed by atoms with E-state index in [-0.39, 0.29) is 11.3 Å². The molecule has 1 aromatic heterocycles. The minimum absolute atomic E-state index is 0.0149. The van der Waals surface area contributed by atoms with Crippen LogP contribution in [0, 0.1) is 6.92 Å². The van der Waals surface area contributed by atoms with E-state index in [4.69, 9.17) is 11.6 Å². The Morgan fingerprint density at radius 1 is 0.949 bits per heavy atom. The van der Waals surface area contributed by atoms with Crippen LogP contribution in [0.2, 0.25) is 5.02 Å². The lowest BCUT2D eigenvalue weighted by molar-refractivity contribution is -0.106. The first-order valence-corrected chi connectivity index (χ1v) is 13.4. The van der Waals surface area contributed by atoms with Crippen LogP contribution in [0.5, 0.6) is 5.75 Å². The maximum absolute atomic E-state index is 11.7. The summed E-state index contributed by atoms with van der Waals surface area (Å²) in [6, 6.07) is 13.4. The number of nitrogens with zero attached hydrogens (tertiary/aromatic N) is 6. The van der Waals surface area contributed by atoms with Crippen LogP contribution in [-0.2, 0) is 4.79 Å². The minimum Gasteiger partial charge on any atom is -0.504 e. The lowest BCUT2D eigenvalue weighted by atomic mass is 10.0. The molecule has 1 amide bonds. The fraction of sp³-hybridized carbons (Fsp3) is 0.367. The minimum atomic E-state index is -0.0149. The van der Waals surface area contributed by atoms with E-state index < -0.39 is 0 Å². The summed E-state index contributed by atoms with van der Waals surface area (Å²) in [5.74, 6) is 0.518. The molecule has 8 nitrogen and oxygen atoms in total. The second-order valence-electron chi connectivity index (χ2n) is 11.0. The van der Waals surface area contributed by atoms with Crippen molar-refractivity contribution in [3.8, 4) is 28.3 Å². The zero-order chi connectivity index (χ0) is 28.3. The number of carbonyl (C=O) groups excluding carboxylic acids is 1. The van der Waals surface area contributed by atoms with Crippen molar-refractivity contribution in [2.24, 2.45) is 0 Å². The van der Waals surface area contributed by atoms with Gasteiger partial charge in [-0.25, -0.2) is 9.97 Å². The van der Waals surface area contributed by atoms with Crippen LogP contribution in [0.15, 0.2) is 54.9 Å². The highest BCUT2D eigenvalue weighted by atomic mass is 35.5. The number of hydrogen-bond acceptors (Lipinski definition) is 7. The lowest BCUT2D eigenvalue weighted by Crippen LogP contribution is -2.53. The Morgan fingerprint density at radius 3 is 2.15 bits per heavy atom. The maximum atomic E-state index is 11.7. The van der Waals surface area contributed by atoms with Crippen molar-refractivity contribution >= 4 is 29.4 Å². The monoisotopic (exact) mass is 548 g/mol. The first-order chi connectivity index (χ1) is 18.5. The van der Waals surface area contributed by atoms with Crippen molar-refractivity contribution < 1.29 is 9.90 Å². The van der Waals surface area contributed by atoms with Crippen molar-refractivity contribution in [2.45, 2.75) is 33.2 Å². The molecule has 1 aliphatic heterocycles. The Morgan fingerprint density at radius 2 is 1.59 bits per heavy atom. The van der Waals surface area contributed by atoms with E-state index in [9.17, 15) is 9.90 Å². The zero-order valence-electron chi connectivity index (χ0n) is 23.5. The third kappa shape index (κ3) is 6.52. The van der Waals surface area contributed by atoms with Gasteiger partial charge >= 0.3 is 0 Å². The normalized spacial score (nSPS) is 14.6. The molecule has 1 N–H and O–H groups in total. The standard InChI is InChI=1S/C30H37ClN6O2/c1-21-32-27(22-8-7-9-24(18-22)35-14-16-37(17-15-35)30(2,3)4)29(39)28(33-21)23-10-11-26(25(31)19-23)36(20-38)13-12-34(5)6/h7-13,18-20,39H,14-17H2,1-6H3/b13-12-. The van der Waals surface area contributed by atoms with E-state index in [2.05, 4.69) is 52.7 Å². The summed E-state index contributed by atoms with van der Waals surface area (Å²) in [6.45, 7) is 12.4. The number of piperazine rings is 1. The highest BCUT2D eigenvalue weighted by Gasteiger charge is 2.26. The van der Waals surface area contributed by atoms with Gasteiger partial charge in [-0.05, 0) is 52.0 Å². The number of rotatable bonds is 7. The number of aromatic hydroxyl groups is 1. The number of amides is 1. The molecule has 4 rings (SSSR count). The van der Waals surface area contributed by atoms with Crippen LogP contribution < -0.4 is 9.80 Å². The molecule has 0 atom stereocenters. The molecule has 1 aliphatic rings. The van der Waals surface area contributed by atoms with E-state index in [0.717, 1.165) is 37.4 Å². The van der Waals surface area contributed by atoms with Gasteiger partial charge in [0.2, 0.25) is 6.41 Å². The van der Waals surface area contributed by atoms with E-state index in [0.29, 0.717) is 39.9 Å². The molecule has 0 bridgehead atoms. The first kappa shape index (κ1) is 28.4. The summed E-state index contributed by atoms with van der Waals surface area (Å²) in [7, 11) is 3.73. The van der Waals surface area contributed by atoms with Crippen LogP contribution >= 0.6 is 11.6 Å². The molecule has 0 unspecified atom stereocenters. The summed E-state index contributed by atoms with van der Waals surface area (Å²) in [6.07, 6.45) is 4.08. The molecule has 206 valence electrons. The second kappa shape index (κ2) is 11.6. The molecule has 39 heavy (non-hydrogen) atoms. The van der Waals surface area contributed by atoms with Crippen LogP contribution in [0.25, 0.3) is 22.5 Å². The van der Waals surface area contributed by atoms with Crippen molar-refractivity contribution in [2.75, 3.05) is 50.1 Å². The van der Waals surface area contributed by atoms with Gasteiger partial charge in [-0.3, -0.25) is 14.6 Å². The third-order valence-electron chi connectivity index (χ3n) is 6.85. The first-order valence-electron chi connectivity index (χ1n) is 13.0. The van der Waals surface area contributed by atoms with Gasteiger partial charge in [0.1, 0.15) is 17.2 Å². The fourth-order valence-electron chi connectivity index (χ4n) is 4.70. The van der Waals surface area contributed by atoms with Gasteiger partial charge in [-0.1, -0.05) is 29.8 Å². The Labute approximate surface area is 236 Å². The molecule has 0 aliphatic carbocycles. The Kier molecular flexibility index (Phi) is 8.47. The lowest BCUT2D eigenvalue weighted by Gasteiger charge is -2.43. The largest absolute Gasteiger partial charge is 0.504 e. The molecule has 2 heterocycles. The molecule has 1 fully saturated rings.